The van der Waals surface area contributed by atoms with Crippen LogP contribution in [-0.4, -0.2) is 30.5 Å². The molecule has 0 aliphatic rings. The van der Waals surface area contributed by atoms with Gasteiger partial charge >= 0.3 is 5.76 Å². The fourth-order valence-corrected chi connectivity index (χ4v) is 3.21. The maximum Gasteiger partial charge on any atom is 0.439 e. The molecule has 0 aliphatic carbocycles. The average Bonchev–Trinajstić information content (AvgIpc) is 3.24. The van der Waals surface area contributed by atoms with Gasteiger partial charge in [0.15, 0.2) is 5.75 Å². The van der Waals surface area contributed by atoms with Crippen molar-refractivity contribution in [1.29, 1.82) is 0 Å². The zero-order valence-corrected chi connectivity index (χ0v) is 15.8. The van der Waals surface area contributed by atoms with Crippen LogP contribution < -0.4 is 10.5 Å². The first-order chi connectivity index (χ1) is 13.4. The van der Waals surface area contributed by atoms with E-state index in [4.69, 9.17) is 27.9 Å². The molecule has 142 valence electrons. The molecule has 0 saturated carbocycles. The molecule has 0 aliphatic heterocycles. The third kappa shape index (κ3) is 3.49. The van der Waals surface area contributed by atoms with Gasteiger partial charge in [0.05, 0.1) is 28.1 Å². The van der Waals surface area contributed by atoms with Gasteiger partial charge in [0.2, 0.25) is 17.5 Å². The molecule has 0 atom stereocenters. The van der Waals surface area contributed by atoms with E-state index in [1.54, 1.807) is 30.7 Å². The normalized spacial score (nSPS) is 11.1. The third-order valence-electron chi connectivity index (χ3n) is 3.92. The van der Waals surface area contributed by atoms with Crippen molar-refractivity contribution in [2.24, 2.45) is 7.05 Å². The van der Waals surface area contributed by atoms with Gasteiger partial charge in [-0.1, -0.05) is 28.4 Å². The lowest BCUT2D eigenvalue weighted by Gasteiger charge is -2.11. The number of rotatable bonds is 5. The standard InChI is InChI=1S/C17H11Cl2N5O4/c1-24-7-21-11-6-20-14(5-12(11)24)27-15-9(18)2-8(3-10(15)19)4-13(25)16-22-17(26)28-23-16/h2-3,5-7H,4H2,1H3,(H,22,23,26). The van der Waals surface area contributed by atoms with Crippen LogP contribution in [-0.2, 0) is 13.5 Å². The van der Waals surface area contributed by atoms with Crippen LogP contribution in [0.4, 0.5) is 0 Å². The second-order valence-corrected chi connectivity index (χ2v) is 6.72. The molecule has 9 nitrogen and oxygen atoms in total. The summed E-state index contributed by atoms with van der Waals surface area (Å²) in [6.45, 7) is 0. The Kier molecular flexibility index (Phi) is 4.62. The molecule has 3 aromatic heterocycles. The van der Waals surface area contributed by atoms with Gasteiger partial charge in [-0.3, -0.25) is 14.3 Å². The largest absolute Gasteiger partial charge is 0.439 e. The van der Waals surface area contributed by atoms with Crippen molar-refractivity contribution in [3.8, 4) is 11.6 Å². The van der Waals surface area contributed by atoms with Crippen LogP contribution in [0.2, 0.25) is 10.0 Å². The Morgan fingerprint density at radius 2 is 2.00 bits per heavy atom. The lowest BCUT2D eigenvalue weighted by molar-refractivity contribution is 0.0980. The molecule has 0 radical (unpaired) electrons. The van der Waals surface area contributed by atoms with E-state index in [0.29, 0.717) is 11.4 Å². The zero-order valence-electron chi connectivity index (χ0n) is 14.3. The van der Waals surface area contributed by atoms with Gasteiger partial charge in [-0.05, 0) is 17.7 Å². The number of imidazole rings is 1. The number of aromatic amines is 1. The number of ether oxygens (including phenoxy) is 1. The molecule has 4 aromatic rings. The van der Waals surface area contributed by atoms with Gasteiger partial charge < -0.3 is 9.30 Å². The number of aryl methyl sites for hydroxylation is 1. The second-order valence-electron chi connectivity index (χ2n) is 5.90. The molecule has 28 heavy (non-hydrogen) atoms. The second kappa shape index (κ2) is 7.10. The van der Waals surface area contributed by atoms with Crippen molar-refractivity contribution >= 4 is 40.0 Å². The number of carbonyl (C=O) groups is 1. The predicted molar refractivity (Wildman–Crippen MR) is 100 cm³/mol. The summed E-state index contributed by atoms with van der Waals surface area (Å²) in [7, 11) is 1.85. The highest BCUT2D eigenvalue weighted by Crippen LogP contribution is 2.37. The molecule has 0 spiro atoms. The number of ketones is 1. The molecular weight excluding hydrogens is 409 g/mol. The number of Topliss-reactive ketones (excluding diaryl/α,β-unsaturated/α-hetero) is 1. The van der Waals surface area contributed by atoms with Crippen molar-refractivity contribution in [2.75, 3.05) is 0 Å². The molecular formula is C17H11Cl2N5O4. The van der Waals surface area contributed by atoms with E-state index >= 15 is 0 Å². The Labute approximate surface area is 166 Å². The number of hydrogen-bond donors (Lipinski definition) is 1. The molecule has 0 amide bonds. The number of nitrogens with zero attached hydrogens (tertiary/aromatic N) is 4. The van der Waals surface area contributed by atoms with Gasteiger partial charge in [-0.15, -0.1) is 0 Å². The van der Waals surface area contributed by atoms with Gasteiger partial charge in [0, 0.05) is 19.5 Å². The van der Waals surface area contributed by atoms with Crippen LogP contribution in [0, 0.1) is 0 Å². The summed E-state index contributed by atoms with van der Waals surface area (Å²) in [4.78, 5) is 33.7. The first-order valence-electron chi connectivity index (χ1n) is 7.93. The number of nitrogens with one attached hydrogen (secondary N) is 1. The van der Waals surface area contributed by atoms with Crippen molar-refractivity contribution in [3.63, 3.8) is 0 Å². The minimum Gasteiger partial charge on any atom is -0.436 e. The number of halogens is 2. The van der Waals surface area contributed by atoms with Crippen LogP contribution in [0.5, 0.6) is 11.6 Å². The summed E-state index contributed by atoms with van der Waals surface area (Å²) in [6, 6.07) is 4.80. The minimum absolute atomic E-state index is 0.0819. The monoisotopic (exact) mass is 419 g/mol. The predicted octanol–water partition coefficient (Wildman–Crippen LogP) is 3.17. The van der Waals surface area contributed by atoms with E-state index < -0.39 is 11.5 Å². The van der Waals surface area contributed by atoms with E-state index in [9.17, 15) is 9.59 Å². The number of hydrogen-bond acceptors (Lipinski definition) is 7. The number of fused-ring (bicyclic) bond motifs is 1. The number of benzene rings is 1. The highest BCUT2D eigenvalue weighted by atomic mass is 35.5. The molecule has 0 unspecified atom stereocenters. The van der Waals surface area contributed by atoms with Crippen molar-refractivity contribution in [1.82, 2.24) is 24.7 Å². The number of aromatic nitrogens is 5. The fraction of sp³-hybridized carbons (Fsp3) is 0.118. The van der Waals surface area contributed by atoms with E-state index in [1.807, 2.05) is 11.6 Å². The molecule has 1 N–H and O–H groups in total. The van der Waals surface area contributed by atoms with Gasteiger partial charge in [0.25, 0.3) is 0 Å². The maximum absolute atomic E-state index is 12.1. The van der Waals surface area contributed by atoms with E-state index in [0.717, 1.165) is 11.0 Å². The summed E-state index contributed by atoms with van der Waals surface area (Å²) in [5.74, 6) is -0.922. The quantitative estimate of drug-likeness (QED) is 0.493. The van der Waals surface area contributed by atoms with Gasteiger partial charge in [0.1, 0.15) is 5.52 Å². The molecule has 1 aromatic carbocycles. The summed E-state index contributed by atoms with van der Waals surface area (Å²) in [5.41, 5.74) is 2.08. The third-order valence-corrected chi connectivity index (χ3v) is 4.48. The Hall–Kier alpha value is -3.17. The smallest absolute Gasteiger partial charge is 0.436 e. The van der Waals surface area contributed by atoms with E-state index in [1.165, 1.54) is 0 Å². The Morgan fingerprint density at radius 1 is 1.25 bits per heavy atom. The van der Waals surface area contributed by atoms with Crippen molar-refractivity contribution in [3.05, 3.63) is 62.7 Å². The van der Waals surface area contributed by atoms with Crippen molar-refractivity contribution < 1.29 is 14.1 Å². The van der Waals surface area contributed by atoms with Crippen LogP contribution >= 0.6 is 23.2 Å². The lowest BCUT2D eigenvalue weighted by Crippen LogP contribution is -2.08. The van der Waals surface area contributed by atoms with Gasteiger partial charge in [-0.2, -0.15) is 0 Å². The fourth-order valence-electron chi connectivity index (χ4n) is 2.60. The van der Waals surface area contributed by atoms with Crippen LogP contribution in [0.15, 0.2) is 40.0 Å². The summed E-state index contributed by atoms with van der Waals surface area (Å²) < 4.78 is 11.9. The first-order valence-corrected chi connectivity index (χ1v) is 8.68. The Balaban J connectivity index is 1.59. The highest BCUT2D eigenvalue weighted by Gasteiger charge is 2.17. The highest BCUT2D eigenvalue weighted by molar-refractivity contribution is 6.37. The van der Waals surface area contributed by atoms with Crippen LogP contribution in [0.25, 0.3) is 11.0 Å². The summed E-state index contributed by atoms with van der Waals surface area (Å²) >= 11 is 12.6. The molecule has 0 bridgehead atoms. The molecule has 4 rings (SSSR count). The summed E-state index contributed by atoms with van der Waals surface area (Å²) in [6.07, 6.45) is 3.17. The maximum atomic E-state index is 12.1. The minimum atomic E-state index is -0.805. The molecule has 11 heteroatoms. The van der Waals surface area contributed by atoms with Gasteiger partial charge in [-0.25, -0.2) is 14.8 Å². The number of H-pyrrole nitrogens is 1. The Morgan fingerprint density at radius 3 is 2.68 bits per heavy atom. The SMILES string of the molecule is Cn1cnc2cnc(Oc3c(Cl)cc(CC(=O)c4noc(=O)[nH]4)cc3Cl)cc21. The molecule has 0 fully saturated rings. The molecule has 3 heterocycles. The number of pyridine rings is 1. The average molecular weight is 420 g/mol. The lowest BCUT2D eigenvalue weighted by atomic mass is 10.1. The van der Waals surface area contributed by atoms with Crippen LogP contribution in [0.1, 0.15) is 16.2 Å². The topological polar surface area (TPSA) is 116 Å². The first kappa shape index (κ1) is 18.2. The Bertz CT molecular complexity index is 1240. The molecule has 0 saturated heterocycles. The summed E-state index contributed by atoms with van der Waals surface area (Å²) in [5, 5.41) is 3.77. The number of carbonyl (C=O) groups excluding carboxylic acids is 1. The van der Waals surface area contributed by atoms with E-state index in [2.05, 4.69) is 24.6 Å². The van der Waals surface area contributed by atoms with Crippen LogP contribution in [0.3, 0.4) is 0 Å². The van der Waals surface area contributed by atoms with E-state index in [-0.39, 0.29) is 28.0 Å². The zero-order chi connectivity index (χ0) is 19.8. The van der Waals surface area contributed by atoms with Crippen molar-refractivity contribution in [2.45, 2.75) is 6.42 Å².